The maximum Gasteiger partial charge on any atom is 0.00362 e. The zero-order valence-electron chi connectivity index (χ0n) is 7.97. The second kappa shape index (κ2) is 8.06. The van der Waals surface area contributed by atoms with Gasteiger partial charge in [0.05, 0.1) is 0 Å². The quantitative estimate of drug-likeness (QED) is 0.563. The van der Waals surface area contributed by atoms with Gasteiger partial charge in [-0.2, -0.15) is 0 Å². The lowest BCUT2D eigenvalue weighted by Crippen LogP contribution is -2.17. The fourth-order valence-electron chi connectivity index (χ4n) is 1.08. The van der Waals surface area contributed by atoms with Gasteiger partial charge in [0.25, 0.3) is 0 Å². The van der Waals surface area contributed by atoms with Crippen molar-refractivity contribution in [1.29, 1.82) is 0 Å². The Labute approximate surface area is 71.4 Å². The van der Waals surface area contributed by atoms with Crippen molar-refractivity contribution in [3.8, 4) is 0 Å². The van der Waals surface area contributed by atoms with Crippen molar-refractivity contribution in [1.82, 2.24) is 0 Å². The summed E-state index contributed by atoms with van der Waals surface area (Å²) in [6, 6.07) is 0.435. The summed E-state index contributed by atoms with van der Waals surface area (Å²) < 4.78 is 0. The summed E-state index contributed by atoms with van der Waals surface area (Å²) in [5, 5.41) is 0. The molecule has 0 heterocycles. The SMILES string of the molecule is CCC[CH]CCCC(N)CC. The highest BCUT2D eigenvalue weighted by Gasteiger charge is 1.97. The van der Waals surface area contributed by atoms with Gasteiger partial charge in [0, 0.05) is 6.04 Å². The molecular formula is C10H22N. The van der Waals surface area contributed by atoms with Crippen LogP contribution in [-0.4, -0.2) is 6.04 Å². The predicted molar refractivity (Wildman–Crippen MR) is 51.3 cm³/mol. The molecule has 11 heavy (non-hydrogen) atoms. The molecule has 0 aliphatic heterocycles. The first-order valence-corrected chi connectivity index (χ1v) is 4.88. The van der Waals surface area contributed by atoms with E-state index in [1.165, 1.54) is 32.1 Å². The minimum absolute atomic E-state index is 0.435. The van der Waals surface area contributed by atoms with Crippen molar-refractivity contribution in [2.45, 2.75) is 58.4 Å². The molecule has 0 aliphatic rings. The molecule has 67 valence electrons. The number of rotatable bonds is 7. The molecule has 0 saturated heterocycles. The molecule has 0 rings (SSSR count). The Morgan fingerprint density at radius 2 is 2.00 bits per heavy atom. The van der Waals surface area contributed by atoms with Crippen molar-refractivity contribution < 1.29 is 0 Å². The Hall–Kier alpha value is -0.0400. The monoisotopic (exact) mass is 156 g/mol. The van der Waals surface area contributed by atoms with E-state index in [9.17, 15) is 0 Å². The average molecular weight is 156 g/mol. The number of unbranched alkanes of at least 4 members (excludes halogenated alkanes) is 4. The minimum atomic E-state index is 0.435. The zero-order chi connectivity index (χ0) is 8.53. The Kier molecular flexibility index (Phi) is 8.03. The number of nitrogens with two attached hydrogens (primary N) is 1. The molecule has 2 N–H and O–H groups in total. The Bertz CT molecular complexity index is 71.3. The average Bonchev–Trinajstić information content (AvgIpc) is 2.04. The highest BCUT2D eigenvalue weighted by molar-refractivity contribution is 4.66. The normalized spacial score (nSPS) is 13.4. The van der Waals surface area contributed by atoms with Crippen LogP contribution in [0.15, 0.2) is 0 Å². The second-order valence-corrected chi connectivity index (χ2v) is 3.18. The molecule has 1 radical (unpaired) electrons. The zero-order valence-corrected chi connectivity index (χ0v) is 7.97. The molecule has 1 heteroatoms. The summed E-state index contributed by atoms with van der Waals surface area (Å²) in [7, 11) is 0. The van der Waals surface area contributed by atoms with Crippen molar-refractivity contribution >= 4 is 0 Å². The molecule has 0 amide bonds. The van der Waals surface area contributed by atoms with Crippen LogP contribution < -0.4 is 5.73 Å². The first-order chi connectivity index (χ1) is 5.31. The molecule has 0 bridgehead atoms. The highest BCUT2D eigenvalue weighted by Crippen LogP contribution is 2.06. The highest BCUT2D eigenvalue weighted by atomic mass is 14.6. The summed E-state index contributed by atoms with van der Waals surface area (Å²) in [6.45, 7) is 4.37. The maximum atomic E-state index is 5.77. The fourth-order valence-corrected chi connectivity index (χ4v) is 1.08. The molecule has 0 saturated carbocycles. The third-order valence-electron chi connectivity index (χ3n) is 2.00. The van der Waals surface area contributed by atoms with E-state index in [1.54, 1.807) is 0 Å². The van der Waals surface area contributed by atoms with Crippen LogP contribution in [0.3, 0.4) is 0 Å². The Morgan fingerprint density at radius 1 is 1.27 bits per heavy atom. The lowest BCUT2D eigenvalue weighted by Gasteiger charge is -2.06. The number of hydrogen-bond donors (Lipinski definition) is 1. The lowest BCUT2D eigenvalue weighted by atomic mass is 10.1. The van der Waals surface area contributed by atoms with E-state index in [4.69, 9.17) is 5.73 Å². The molecule has 1 unspecified atom stereocenters. The predicted octanol–water partition coefficient (Wildman–Crippen LogP) is 2.90. The molecule has 0 fully saturated rings. The fraction of sp³-hybridized carbons (Fsp3) is 0.900. The van der Waals surface area contributed by atoms with Gasteiger partial charge < -0.3 is 5.73 Å². The minimum Gasteiger partial charge on any atom is -0.328 e. The van der Waals surface area contributed by atoms with E-state index in [-0.39, 0.29) is 0 Å². The van der Waals surface area contributed by atoms with Gasteiger partial charge in [-0.05, 0) is 19.3 Å². The van der Waals surface area contributed by atoms with Crippen molar-refractivity contribution in [2.24, 2.45) is 5.73 Å². The Morgan fingerprint density at radius 3 is 2.55 bits per heavy atom. The molecule has 0 spiro atoms. The second-order valence-electron chi connectivity index (χ2n) is 3.18. The molecule has 0 aromatic carbocycles. The standard InChI is InChI=1S/C10H22N/c1-3-5-6-7-8-9-10(11)4-2/h6,10H,3-5,7-9,11H2,1-2H3. The van der Waals surface area contributed by atoms with Gasteiger partial charge in [0.15, 0.2) is 0 Å². The van der Waals surface area contributed by atoms with Gasteiger partial charge in [0.2, 0.25) is 0 Å². The van der Waals surface area contributed by atoms with Crippen molar-refractivity contribution in [3.63, 3.8) is 0 Å². The summed E-state index contributed by atoms with van der Waals surface area (Å²) in [5.41, 5.74) is 5.77. The van der Waals surface area contributed by atoms with E-state index in [2.05, 4.69) is 20.3 Å². The third kappa shape index (κ3) is 7.86. The van der Waals surface area contributed by atoms with E-state index < -0.39 is 0 Å². The van der Waals surface area contributed by atoms with E-state index in [1.807, 2.05) is 0 Å². The van der Waals surface area contributed by atoms with Crippen LogP contribution in [0.1, 0.15) is 52.4 Å². The summed E-state index contributed by atoms with van der Waals surface area (Å²) in [4.78, 5) is 0. The first-order valence-electron chi connectivity index (χ1n) is 4.88. The van der Waals surface area contributed by atoms with Crippen molar-refractivity contribution in [2.75, 3.05) is 0 Å². The molecule has 0 aliphatic carbocycles. The van der Waals surface area contributed by atoms with Gasteiger partial charge in [-0.15, -0.1) is 0 Å². The van der Waals surface area contributed by atoms with Crippen LogP contribution in [0.25, 0.3) is 0 Å². The smallest absolute Gasteiger partial charge is 0.00362 e. The van der Waals surface area contributed by atoms with E-state index in [0.29, 0.717) is 6.04 Å². The summed E-state index contributed by atoms with van der Waals surface area (Å²) >= 11 is 0. The van der Waals surface area contributed by atoms with E-state index >= 15 is 0 Å². The summed E-state index contributed by atoms with van der Waals surface area (Å²) in [5.74, 6) is 0. The number of hydrogen-bond acceptors (Lipinski definition) is 1. The third-order valence-corrected chi connectivity index (χ3v) is 2.00. The van der Waals surface area contributed by atoms with Gasteiger partial charge >= 0.3 is 0 Å². The topological polar surface area (TPSA) is 26.0 Å². The lowest BCUT2D eigenvalue weighted by molar-refractivity contribution is 0.561. The van der Waals surface area contributed by atoms with Crippen LogP contribution in [-0.2, 0) is 0 Å². The van der Waals surface area contributed by atoms with Crippen molar-refractivity contribution in [3.05, 3.63) is 6.42 Å². The summed E-state index contributed by atoms with van der Waals surface area (Å²) in [6.07, 6.45) is 9.75. The molecule has 0 aromatic heterocycles. The van der Waals surface area contributed by atoms with Crippen LogP contribution in [0.2, 0.25) is 0 Å². The van der Waals surface area contributed by atoms with Crippen LogP contribution >= 0.6 is 0 Å². The largest absolute Gasteiger partial charge is 0.328 e. The molecule has 1 atom stereocenters. The van der Waals surface area contributed by atoms with Gasteiger partial charge in [-0.3, -0.25) is 0 Å². The molecule has 1 nitrogen and oxygen atoms in total. The first kappa shape index (κ1) is 11.0. The van der Waals surface area contributed by atoms with Crippen LogP contribution in [0, 0.1) is 6.42 Å². The van der Waals surface area contributed by atoms with Crippen LogP contribution in [0.5, 0.6) is 0 Å². The molecular weight excluding hydrogens is 134 g/mol. The maximum absolute atomic E-state index is 5.77. The van der Waals surface area contributed by atoms with Crippen LogP contribution in [0.4, 0.5) is 0 Å². The molecule has 0 aromatic rings. The van der Waals surface area contributed by atoms with Gasteiger partial charge in [0.1, 0.15) is 0 Å². The van der Waals surface area contributed by atoms with Gasteiger partial charge in [-0.25, -0.2) is 0 Å². The van der Waals surface area contributed by atoms with Gasteiger partial charge in [-0.1, -0.05) is 39.5 Å². The van der Waals surface area contributed by atoms with E-state index in [0.717, 1.165) is 6.42 Å². The Balaban J connectivity index is 2.89.